The number of rotatable bonds is 20. The molecular weight excluding hydrogens is 491 g/mol. The van der Waals surface area contributed by atoms with Crippen LogP contribution in [0.25, 0.3) is 0 Å². The third kappa shape index (κ3) is 10.3. The van der Waals surface area contributed by atoms with E-state index in [1.54, 1.807) is 20.8 Å². The zero-order chi connectivity index (χ0) is 23.9. The van der Waals surface area contributed by atoms with Crippen LogP contribution in [0.3, 0.4) is 0 Å². The molecule has 0 aliphatic heterocycles. The molecule has 0 aliphatic carbocycles. The van der Waals surface area contributed by atoms with Gasteiger partial charge in [-0.05, 0) is 0 Å². The second-order valence-electron chi connectivity index (χ2n) is 6.44. The number of carbonyl (C=O) groups excluding carboxylic acids is 6. The predicted molar refractivity (Wildman–Crippen MR) is 105 cm³/mol. The van der Waals surface area contributed by atoms with Gasteiger partial charge in [0.15, 0.2) is 0 Å². The SMILES string of the molecule is CCOCC(=O)C[C](=O)[Zr]([O]CC)([C](=O)CC(=O)COCC)[C](=O)CC(=O)COCC. The molecule has 0 rings (SSSR count). The molecule has 0 atom stereocenters. The summed E-state index contributed by atoms with van der Waals surface area (Å²) in [6.45, 7) is 6.01. The zero-order valence-electron chi connectivity index (χ0n) is 18.7. The monoisotopic (exact) mass is 522 g/mol. The molecule has 0 unspecified atom stereocenters. The molecule has 11 heteroatoms. The van der Waals surface area contributed by atoms with Crippen molar-refractivity contribution in [3.05, 3.63) is 0 Å². The maximum absolute atomic E-state index is 13.1. The van der Waals surface area contributed by atoms with E-state index in [9.17, 15) is 28.8 Å². The Morgan fingerprint density at radius 3 is 1.03 bits per heavy atom. The third-order valence-corrected chi connectivity index (χ3v) is 12.9. The summed E-state index contributed by atoms with van der Waals surface area (Å²) in [7, 11) is 0. The van der Waals surface area contributed by atoms with Gasteiger partial charge in [0.25, 0.3) is 0 Å². The van der Waals surface area contributed by atoms with Crippen LogP contribution < -0.4 is 0 Å². The predicted octanol–water partition coefficient (Wildman–Crippen LogP) is 0.659. The Bertz CT molecular complexity index is 575. The number of hydrogen-bond donors (Lipinski definition) is 0. The summed E-state index contributed by atoms with van der Waals surface area (Å²) >= 11 is -5.64. The van der Waals surface area contributed by atoms with Gasteiger partial charge in [0.05, 0.1) is 0 Å². The van der Waals surface area contributed by atoms with E-state index in [0.29, 0.717) is 0 Å². The van der Waals surface area contributed by atoms with E-state index in [4.69, 9.17) is 17.0 Å². The summed E-state index contributed by atoms with van der Waals surface area (Å²) in [5.41, 5.74) is 0. The molecule has 0 saturated carbocycles. The molecule has 0 aromatic rings. The molecule has 0 fully saturated rings. The van der Waals surface area contributed by atoms with E-state index in [1.807, 2.05) is 0 Å². The number of hydrogen-bond acceptors (Lipinski definition) is 10. The average Bonchev–Trinajstić information content (AvgIpc) is 2.72. The molecule has 0 heterocycles. The molecule has 0 saturated heterocycles. The molecule has 0 aliphatic rings. The van der Waals surface area contributed by atoms with Gasteiger partial charge in [-0.3, -0.25) is 0 Å². The van der Waals surface area contributed by atoms with Gasteiger partial charge in [0.1, 0.15) is 0 Å². The van der Waals surface area contributed by atoms with Gasteiger partial charge >= 0.3 is 188 Å². The van der Waals surface area contributed by atoms with Gasteiger partial charge in [0.2, 0.25) is 0 Å². The first kappa shape index (κ1) is 29.7. The second kappa shape index (κ2) is 16.4. The van der Waals surface area contributed by atoms with Crippen molar-refractivity contribution in [3.8, 4) is 0 Å². The quantitative estimate of drug-likeness (QED) is 0.209. The molecule has 31 heavy (non-hydrogen) atoms. The molecular formula is C20H32O10Zr. The Balaban J connectivity index is 5.88. The minimum atomic E-state index is -5.64. The van der Waals surface area contributed by atoms with Crippen LogP contribution in [-0.4, -0.2) is 74.1 Å². The Morgan fingerprint density at radius 2 is 0.806 bits per heavy atom. The van der Waals surface area contributed by atoms with Gasteiger partial charge in [0, 0.05) is 0 Å². The Kier molecular flexibility index (Phi) is 15.7. The van der Waals surface area contributed by atoms with Crippen molar-refractivity contribution in [3.63, 3.8) is 0 Å². The molecule has 0 aromatic heterocycles. The minimum absolute atomic E-state index is 0.155. The molecule has 10 nitrogen and oxygen atoms in total. The summed E-state index contributed by atoms with van der Waals surface area (Å²) in [5, 5.41) is 0. The van der Waals surface area contributed by atoms with Crippen molar-refractivity contribution in [1.82, 2.24) is 0 Å². The first-order valence-corrected chi connectivity index (χ1v) is 14.9. The third-order valence-electron chi connectivity index (χ3n) is 4.01. The summed E-state index contributed by atoms with van der Waals surface area (Å²) in [6.07, 6.45) is -2.19. The molecule has 0 spiro atoms. The van der Waals surface area contributed by atoms with Crippen LogP contribution in [0.4, 0.5) is 0 Å². The van der Waals surface area contributed by atoms with Gasteiger partial charge in [-0.15, -0.1) is 0 Å². The van der Waals surface area contributed by atoms with E-state index < -0.39 is 67.8 Å². The van der Waals surface area contributed by atoms with Crippen LogP contribution in [0.5, 0.6) is 0 Å². The zero-order valence-corrected chi connectivity index (χ0v) is 21.1. The molecule has 0 amide bonds. The van der Waals surface area contributed by atoms with E-state index in [-0.39, 0.29) is 46.2 Å². The maximum atomic E-state index is 13.1. The van der Waals surface area contributed by atoms with Crippen LogP contribution in [0, 0.1) is 0 Å². The second-order valence-corrected chi connectivity index (χ2v) is 14.6. The van der Waals surface area contributed by atoms with Crippen LogP contribution in [-0.2, 0) is 66.5 Å². The van der Waals surface area contributed by atoms with Crippen molar-refractivity contribution in [2.45, 2.75) is 47.0 Å². The molecule has 176 valence electrons. The van der Waals surface area contributed by atoms with E-state index in [2.05, 4.69) is 0 Å². The van der Waals surface area contributed by atoms with E-state index >= 15 is 0 Å². The topological polar surface area (TPSA) is 139 Å². The average molecular weight is 524 g/mol. The number of Topliss-reactive ketones (excluding diaryl/α,β-unsaturated/α-hetero) is 3. The van der Waals surface area contributed by atoms with Gasteiger partial charge < -0.3 is 0 Å². The summed E-state index contributed by atoms with van der Waals surface area (Å²) < 4.78 is 17.7. The fourth-order valence-corrected chi connectivity index (χ4v) is 10.5. The fraction of sp³-hybridized carbons (Fsp3) is 0.700. The van der Waals surface area contributed by atoms with Gasteiger partial charge in [-0.2, -0.15) is 0 Å². The van der Waals surface area contributed by atoms with E-state index in [0.717, 1.165) is 0 Å². The van der Waals surface area contributed by atoms with Crippen molar-refractivity contribution < 1.29 is 66.5 Å². The summed E-state index contributed by atoms with van der Waals surface area (Å²) in [4.78, 5) is 75.4. The summed E-state index contributed by atoms with van der Waals surface area (Å²) in [6, 6.07) is 0. The van der Waals surface area contributed by atoms with Crippen molar-refractivity contribution in [2.24, 2.45) is 0 Å². The molecule has 0 bridgehead atoms. The first-order chi connectivity index (χ1) is 14.7. The van der Waals surface area contributed by atoms with Crippen LogP contribution >= 0.6 is 0 Å². The Morgan fingerprint density at radius 1 is 0.516 bits per heavy atom. The van der Waals surface area contributed by atoms with Crippen molar-refractivity contribution in [1.29, 1.82) is 0 Å². The number of ketones is 3. The fourth-order valence-electron chi connectivity index (χ4n) is 2.64. The van der Waals surface area contributed by atoms with Gasteiger partial charge in [-0.1, -0.05) is 0 Å². The van der Waals surface area contributed by atoms with Crippen molar-refractivity contribution in [2.75, 3.05) is 46.2 Å². The summed E-state index contributed by atoms with van der Waals surface area (Å²) in [5.74, 6) is -1.85. The van der Waals surface area contributed by atoms with Gasteiger partial charge in [-0.25, -0.2) is 0 Å². The molecule has 0 N–H and O–H groups in total. The normalized spacial score (nSPS) is 11.2. The standard InChI is InChI=1S/3C6H9O3.C2H5O.Zr/c3*1-2-9-5-6(8)3-4-7;1-2-3;/h3*2-3,5H2,1H3;2H2,1H3;/q;;;-1;+1. The van der Waals surface area contributed by atoms with E-state index in [1.165, 1.54) is 6.92 Å². The Hall–Kier alpha value is -1.26. The van der Waals surface area contributed by atoms with Crippen LogP contribution in [0.2, 0.25) is 0 Å². The first-order valence-electron chi connectivity index (χ1n) is 10.2. The number of carbonyl (C=O) groups is 6. The number of ether oxygens (including phenoxy) is 3. The van der Waals surface area contributed by atoms with Crippen LogP contribution in [0.1, 0.15) is 47.0 Å². The van der Waals surface area contributed by atoms with Crippen LogP contribution in [0.15, 0.2) is 0 Å². The molecule has 0 radical (unpaired) electrons. The van der Waals surface area contributed by atoms with Crippen molar-refractivity contribution >= 4 is 27.8 Å². The molecule has 0 aromatic carbocycles. The Labute approximate surface area is 187 Å².